The van der Waals surface area contributed by atoms with Gasteiger partial charge >= 0.3 is 0 Å². The Labute approximate surface area is 118 Å². The molecule has 0 aromatic heterocycles. The molecule has 2 aliphatic rings. The molecule has 0 radical (unpaired) electrons. The fraction of sp³-hybridized carbons (Fsp3) is 0.500. The van der Waals surface area contributed by atoms with E-state index in [2.05, 4.69) is 22.9 Å². The average molecular weight is 278 g/mol. The topological polar surface area (TPSA) is 39.5 Å². The average Bonchev–Trinajstić information content (AvgIpc) is 2.84. The SMILES string of the molecule is CN1CCOC2CN(c3ccc(C#N)c(Cl)c3)CC21. The van der Waals surface area contributed by atoms with Crippen LogP contribution in [0, 0.1) is 11.3 Å². The summed E-state index contributed by atoms with van der Waals surface area (Å²) >= 11 is 6.10. The minimum Gasteiger partial charge on any atom is -0.373 e. The van der Waals surface area contributed by atoms with Gasteiger partial charge in [-0.15, -0.1) is 0 Å². The number of ether oxygens (including phenoxy) is 1. The largest absolute Gasteiger partial charge is 0.373 e. The van der Waals surface area contributed by atoms with E-state index in [0.29, 0.717) is 16.6 Å². The van der Waals surface area contributed by atoms with E-state index in [0.717, 1.165) is 31.9 Å². The second-order valence-electron chi connectivity index (χ2n) is 5.14. The zero-order valence-corrected chi connectivity index (χ0v) is 11.6. The number of fused-ring (bicyclic) bond motifs is 1. The lowest BCUT2D eigenvalue weighted by Crippen LogP contribution is -2.48. The van der Waals surface area contributed by atoms with Gasteiger partial charge in [0.1, 0.15) is 6.07 Å². The van der Waals surface area contributed by atoms with Gasteiger partial charge in [0.15, 0.2) is 0 Å². The molecule has 1 aromatic rings. The second-order valence-corrected chi connectivity index (χ2v) is 5.55. The van der Waals surface area contributed by atoms with Crippen LogP contribution in [0.1, 0.15) is 5.56 Å². The Bertz CT molecular complexity index is 528. The minimum absolute atomic E-state index is 0.271. The van der Waals surface area contributed by atoms with Crippen LogP contribution in [0.3, 0.4) is 0 Å². The van der Waals surface area contributed by atoms with Gasteiger partial charge in [0.25, 0.3) is 0 Å². The van der Waals surface area contributed by atoms with Crippen molar-refractivity contribution in [2.24, 2.45) is 0 Å². The smallest absolute Gasteiger partial charge is 0.101 e. The van der Waals surface area contributed by atoms with Gasteiger partial charge in [0.2, 0.25) is 0 Å². The maximum Gasteiger partial charge on any atom is 0.101 e. The molecule has 4 nitrogen and oxygen atoms in total. The zero-order valence-electron chi connectivity index (χ0n) is 10.8. The molecule has 2 unspecified atom stereocenters. The molecule has 0 bridgehead atoms. The summed E-state index contributed by atoms with van der Waals surface area (Å²) in [7, 11) is 2.15. The van der Waals surface area contributed by atoms with Crippen LogP contribution in [0.2, 0.25) is 5.02 Å². The molecule has 19 heavy (non-hydrogen) atoms. The number of anilines is 1. The van der Waals surface area contributed by atoms with Crippen molar-refractivity contribution in [3.63, 3.8) is 0 Å². The van der Waals surface area contributed by atoms with Crippen molar-refractivity contribution in [2.75, 3.05) is 38.2 Å². The summed E-state index contributed by atoms with van der Waals surface area (Å²) in [6, 6.07) is 8.15. The van der Waals surface area contributed by atoms with E-state index in [9.17, 15) is 0 Å². The first-order valence-electron chi connectivity index (χ1n) is 6.45. The molecule has 0 N–H and O–H groups in total. The Balaban J connectivity index is 1.81. The Morgan fingerprint density at radius 2 is 2.26 bits per heavy atom. The van der Waals surface area contributed by atoms with Crippen molar-refractivity contribution in [2.45, 2.75) is 12.1 Å². The summed E-state index contributed by atoms with van der Waals surface area (Å²) in [6.07, 6.45) is 0.271. The molecule has 2 aliphatic heterocycles. The number of rotatable bonds is 1. The molecule has 2 atom stereocenters. The minimum atomic E-state index is 0.271. The normalized spacial score (nSPS) is 27.1. The molecule has 100 valence electrons. The molecule has 2 heterocycles. The third kappa shape index (κ3) is 2.30. The highest BCUT2D eigenvalue weighted by atomic mass is 35.5. The summed E-state index contributed by atoms with van der Waals surface area (Å²) in [6.45, 7) is 3.63. The number of likely N-dealkylation sites (N-methyl/N-ethyl adjacent to an activating group) is 1. The number of halogens is 1. The standard InChI is InChI=1S/C14H16ClN3O/c1-17-4-5-19-14-9-18(8-13(14)17)11-3-2-10(7-16)12(15)6-11/h2-3,6,13-14H,4-5,8-9H2,1H3. The van der Waals surface area contributed by atoms with Crippen molar-refractivity contribution in [3.8, 4) is 6.07 Å². The first-order chi connectivity index (χ1) is 9.19. The summed E-state index contributed by atoms with van der Waals surface area (Å²) in [4.78, 5) is 4.64. The van der Waals surface area contributed by atoms with Crippen LogP contribution >= 0.6 is 11.6 Å². The van der Waals surface area contributed by atoms with Gasteiger partial charge in [-0.3, -0.25) is 4.90 Å². The third-order valence-corrected chi connectivity index (χ3v) is 4.33. The molecule has 1 aromatic carbocycles. The van der Waals surface area contributed by atoms with Crippen molar-refractivity contribution in [1.29, 1.82) is 5.26 Å². The highest BCUT2D eigenvalue weighted by Crippen LogP contribution is 2.29. The van der Waals surface area contributed by atoms with Crippen LogP contribution in [0.15, 0.2) is 18.2 Å². The van der Waals surface area contributed by atoms with E-state index in [1.54, 1.807) is 6.07 Å². The maximum absolute atomic E-state index is 8.90. The van der Waals surface area contributed by atoms with E-state index in [4.69, 9.17) is 21.6 Å². The second kappa shape index (κ2) is 5.01. The Morgan fingerprint density at radius 3 is 2.95 bits per heavy atom. The van der Waals surface area contributed by atoms with Crippen LogP contribution in [0.25, 0.3) is 0 Å². The van der Waals surface area contributed by atoms with Crippen molar-refractivity contribution >= 4 is 17.3 Å². The molecule has 2 fully saturated rings. The van der Waals surface area contributed by atoms with Gasteiger partial charge in [-0.1, -0.05) is 11.6 Å². The van der Waals surface area contributed by atoms with Gasteiger partial charge < -0.3 is 9.64 Å². The molecule has 2 saturated heterocycles. The summed E-state index contributed by atoms with van der Waals surface area (Å²) in [5.41, 5.74) is 1.59. The van der Waals surface area contributed by atoms with Crippen LogP contribution < -0.4 is 4.90 Å². The fourth-order valence-corrected chi connectivity index (χ4v) is 3.08. The lowest BCUT2D eigenvalue weighted by molar-refractivity contribution is -0.0362. The van der Waals surface area contributed by atoms with E-state index in [1.165, 1.54) is 0 Å². The summed E-state index contributed by atoms with van der Waals surface area (Å²) in [5.74, 6) is 0. The molecule has 0 spiro atoms. The summed E-state index contributed by atoms with van der Waals surface area (Å²) in [5, 5.41) is 9.42. The lowest BCUT2D eigenvalue weighted by Gasteiger charge is -2.33. The first-order valence-corrected chi connectivity index (χ1v) is 6.83. The highest BCUT2D eigenvalue weighted by molar-refractivity contribution is 6.32. The number of hydrogen-bond acceptors (Lipinski definition) is 4. The van der Waals surface area contributed by atoms with Crippen LogP contribution in [-0.2, 0) is 4.74 Å². The Morgan fingerprint density at radius 1 is 1.42 bits per heavy atom. The number of hydrogen-bond donors (Lipinski definition) is 0. The number of morpholine rings is 1. The van der Waals surface area contributed by atoms with E-state index in [-0.39, 0.29) is 6.10 Å². The van der Waals surface area contributed by atoms with Gasteiger partial charge in [-0.2, -0.15) is 5.26 Å². The van der Waals surface area contributed by atoms with Gasteiger partial charge in [-0.05, 0) is 25.2 Å². The molecule has 0 amide bonds. The number of benzene rings is 1. The van der Waals surface area contributed by atoms with Crippen LogP contribution in [0.5, 0.6) is 0 Å². The quantitative estimate of drug-likeness (QED) is 0.784. The van der Waals surface area contributed by atoms with Crippen LogP contribution in [-0.4, -0.2) is 50.3 Å². The zero-order chi connectivity index (χ0) is 13.4. The molecule has 0 aliphatic carbocycles. The predicted octanol–water partition coefficient (Wildman–Crippen LogP) is 1.73. The van der Waals surface area contributed by atoms with Gasteiger partial charge in [0, 0.05) is 25.3 Å². The third-order valence-electron chi connectivity index (χ3n) is 4.02. The molecule has 0 saturated carbocycles. The van der Waals surface area contributed by atoms with Gasteiger partial charge in [0.05, 0.1) is 29.3 Å². The first kappa shape index (κ1) is 12.7. The number of nitrogens with zero attached hydrogens (tertiary/aromatic N) is 3. The Kier molecular flexibility index (Phi) is 3.36. The van der Waals surface area contributed by atoms with E-state index < -0.39 is 0 Å². The van der Waals surface area contributed by atoms with Crippen LogP contribution in [0.4, 0.5) is 5.69 Å². The predicted molar refractivity (Wildman–Crippen MR) is 74.5 cm³/mol. The highest BCUT2D eigenvalue weighted by Gasteiger charge is 2.38. The van der Waals surface area contributed by atoms with E-state index >= 15 is 0 Å². The lowest BCUT2D eigenvalue weighted by atomic mass is 10.1. The maximum atomic E-state index is 8.90. The fourth-order valence-electron chi connectivity index (χ4n) is 2.86. The van der Waals surface area contributed by atoms with Gasteiger partial charge in [-0.25, -0.2) is 0 Å². The molecular formula is C14H16ClN3O. The summed E-state index contributed by atoms with van der Waals surface area (Å²) < 4.78 is 5.83. The number of nitriles is 1. The van der Waals surface area contributed by atoms with E-state index in [1.807, 2.05) is 12.1 Å². The molecular weight excluding hydrogens is 262 g/mol. The molecule has 3 rings (SSSR count). The molecule has 5 heteroatoms. The van der Waals surface area contributed by atoms with Crippen molar-refractivity contribution in [3.05, 3.63) is 28.8 Å². The Hall–Kier alpha value is -1.28. The van der Waals surface area contributed by atoms with Crippen molar-refractivity contribution in [1.82, 2.24) is 4.90 Å². The monoisotopic (exact) mass is 277 g/mol. The van der Waals surface area contributed by atoms with Crippen molar-refractivity contribution < 1.29 is 4.74 Å².